The van der Waals surface area contributed by atoms with Crippen molar-refractivity contribution in [1.82, 2.24) is 4.58 Å². The number of benzene rings is 4. The quantitative estimate of drug-likeness (QED) is 0.106. The van der Waals surface area contributed by atoms with Crippen molar-refractivity contribution < 1.29 is 18.3 Å². The van der Waals surface area contributed by atoms with Crippen LogP contribution in [0.5, 0.6) is 0 Å². The summed E-state index contributed by atoms with van der Waals surface area (Å²) in [4.78, 5) is 4.68. The number of anilines is 2. The fourth-order valence-corrected chi connectivity index (χ4v) is 8.76. The summed E-state index contributed by atoms with van der Waals surface area (Å²) in [6.45, 7) is 11.6. The third kappa shape index (κ3) is 7.55. The van der Waals surface area contributed by atoms with Gasteiger partial charge in [-0.2, -0.15) is 4.58 Å². The molecule has 0 spiro atoms. The average molecular weight is 755 g/mol. The molecule has 0 unspecified atom stereocenters. The molecule has 0 N–H and O–H groups in total. The molecule has 7 heteroatoms. The molecule has 0 bridgehead atoms. The summed E-state index contributed by atoms with van der Waals surface area (Å²) in [6, 6.07) is 31.4. The van der Waals surface area contributed by atoms with E-state index in [0.717, 1.165) is 89.8 Å². The second-order valence-corrected chi connectivity index (χ2v) is 15.9. The van der Waals surface area contributed by atoms with Gasteiger partial charge in [0, 0.05) is 110 Å². The van der Waals surface area contributed by atoms with Gasteiger partial charge in [0.2, 0.25) is 17.1 Å². The number of para-hydroxylation sites is 2. The third-order valence-corrected chi connectivity index (χ3v) is 11.6. The summed E-state index contributed by atoms with van der Waals surface area (Å²) in [5, 5.41) is 0. The highest BCUT2D eigenvalue weighted by Gasteiger charge is 2.42. The molecule has 1 aliphatic carbocycles. The zero-order valence-electron chi connectivity index (χ0n) is 33.6. The van der Waals surface area contributed by atoms with E-state index < -0.39 is 10.8 Å². The van der Waals surface area contributed by atoms with E-state index in [9.17, 15) is 8.78 Å². The summed E-state index contributed by atoms with van der Waals surface area (Å²) in [5.41, 5.74) is 11.3. The number of allylic oxidation sites excluding steroid dienone is 8. The number of nitrogens with zero attached hydrogens (tertiary/aromatic N) is 3. The highest BCUT2D eigenvalue weighted by atomic mass is 19.1. The van der Waals surface area contributed by atoms with Gasteiger partial charge in [0.05, 0.1) is 0 Å². The normalized spacial score (nSPS) is 19.8. The molecule has 1 saturated carbocycles. The number of fused-ring (bicyclic) bond motifs is 2. The van der Waals surface area contributed by atoms with E-state index in [4.69, 9.17) is 9.47 Å². The summed E-state index contributed by atoms with van der Waals surface area (Å²) in [5.74, 6) is -0.443. The predicted molar refractivity (Wildman–Crippen MR) is 227 cm³/mol. The lowest BCUT2D eigenvalue weighted by Gasteiger charge is -2.27. The molecule has 3 aliphatic rings. The lowest BCUT2D eigenvalue weighted by atomic mass is 9.83. The highest BCUT2D eigenvalue weighted by molar-refractivity contribution is 6.17. The standard InChI is InChI=1S/C49H54F2N3O2/c1-48(2)41-33-37(50)23-25-43(41)52(29-13-31-55-5)45(48)27-21-35-19-20-36(47(35)54(39-15-9-7-10-16-39)40-17-11-8-12-18-40)22-28-46-49(3,4)42-34-38(51)24-26-44(42)53(46)30-14-32-56-6/h7-12,15-18,21-28,33-34H,13-14,19-20,29-32H2,1-6H3/q+1. The van der Waals surface area contributed by atoms with Crippen molar-refractivity contribution in [3.05, 3.63) is 167 Å². The number of rotatable bonds is 12. The SMILES string of the molecule is COCCCN1C(=CC=C2CC/C(=C\C=C3\N(CCCOC)c4ccc(F)cc4C3(C)C)C2=[N+](c2ccccc2)c2ccccc2)C(C)(C)c2cc(F)ccc21. The van der Waals surface area contributed by atoms with Crippen molar-refractivity contribution in [2.75, 3.05) is 50.3 Å². The van der Waals surface area contributed by atoms with Crippen molar-refractivity contribution in [3.8, 4) is 0 Å². The number of halogens is 2. The molecule has 2 heterocycles. The van der Waals surface area contributed by atoms with Crippen LogP contribution in [0.1, 0.15) is 64.5 Å². The molecule has 290 valence electrons. The van der Waals surface area contributed by atoms with Crippen LogP contribution in [0.3, 0.4) is 0 Å². The first-order valence-electron chi connectivity index (χ1n) is 19.8. The van der Waals surface area contributed by atoms with Crippen molar-refractivity contribution in [2.24, 2.45) is 0 Å². The number of hydrogen-bond donors (Lipinski definition) is 0. The van der Waals surface area contributed by atoms with Crippen molar-refractivity contribution in [1.29, 1.82) is 0 Å². The summed E-state index contributed by atoms with van der Waals surface area (Å²) in [6.07, 6.45) is 12.5. The van der Waals surface area contributed by atoms with E-state index in [1.807, 2.05) is 12.1 Å². The maximum absolute atomic E-state index is 14.7. The third-order valence-electron chi connectivity index (χ3n) is 11.6. The molecule has 5 nitrogen and oxygen atoms in total. The van der Waals surface area contributed by atoms with Gasteiger partial charge in [-0.25, -0.2) is 8.78 Å². The molecule has 4 aromatic rings. The van der Waals surface area contributed by atoms with Gasteiger partial charge in [-0.3, -0.25) is 0 Å². The Kier molecular flexibility index (Phi) is 11.6. The van der Waals surface area contributed by atoms with Crippen LogP contribution in [0.2, 0.25) is 0 Å². The van der Waals surface area contributed by atoms with Gasteiger partial charge in [-0.1, -0.05) is 76.2 Å². The minimum Gasteiger partial charge on any atom is -0.385 e. The lowest BCUT2D eigenvalue weighted by molar-refractivity contribution is 0.196. The zero-order valence-corrected chi connectivity index (χ0v) is 33.6. The molecule has 0 atom stereocenters. The maximum atomic E-state index is 14.7. The van der Waals surface area contributed by atoms with Crippen LogP contribution in [0.4, 0.5) is 31.5 Å². The summed E-state index contributed by atoms with van der Waals surface area (Å²) >= 11 is 0. The fraction of sp³-hybridized carbons (Fsp3) is 0.327. The van der Waals surface area contributed by atoms with E-state index in [1.165, 1.54) is 11.1 Å². The van der Waals surface area contributed by atoms with Crippen LogP contribution in [-0.4, -0.2) is 46.2 Å². The summed E-state index contributed by atoms with van der Waals surface area (Å²) in [7, 11) is 3.46. The first kappa shape index (κ1) is 39.1. The van der Waals surface area contributed by atoms with E-state index in [-0.39, 0.29) is 11.6 Å². The molecule has 0 radical (unpaired) electrons. The smallest absolute Gasteiger partial charge is 0.218 e. The van der Waals surface area contributed by atoms with Gasteiger partial charge >= 0.3 is 0 Å². The van der Waals surface area contributed by atoms with Crippen molar-refractivity contribution in [2.45, 2.75) is 64.2 Å². The number of hydrogen-bond acceptors (Lipinski definition) is 4. The Hall–Kier alpha value is -5.11. The molecule has 56 heavy (non-hydrogen) atoms. The molecule has 0 amide bonds. The van der Waals surface area contributed by atoms with Gasteiger partial charge in [0.25, 0.3) is 0 Å². The first-order chi connectivity index (χ1) is 27.1. The van der Waals surface area contributed by atoms with Gasteiger partial charge in [0.15, 0.2) is 0 Å². The Balaban J connectivity index is 1.40. The zero-order chi connectivity index (χ0) is 39.5. The Morgan fingerprint density at radius 3 is 1.39 bits per heavy atom. The molecule has 0 saturated heterocycles. The van der Waals surface area contributed by atoms with E-state index in [0.29, 0.717) is 13.2 Å². The van der Waals surface area contributed by atoms with Crippen LogP contribution in [0.25, 0.3) is 0 Å². The Morgan fingerprint density at radius 1 is 0.589 bits per heavy atom. The van der Waals surface area contributed by atoms with Gasteiger partial charge < -0.3 is 19.3 Å². The molecule has 0 aromatic heterocycles. The topological polar surface area (TPSA) is 28.0 Å². The van der Waals surface area contributed by atoms with Crippen LogP contribution >= 0.6 is 0 Å². The second kappa shape index (κ2) is 16.5. The molecular weight excluding hydrogens is 701 g/mol. The summed E-state index contributed by atoms with van der Waals surface area (Å²) < 4.78 is 42.7. The van der Waals surface area contributed by atoms with Crippen LogP contribution < -0.4 is 14.4 Å². The second-order valence-electron chi connectivity index (χ2n) is 15.9. The van der Waals surface area contributed by atoms with E-state index >= 15 is 0 Å². The van der Waals surface area contributed by atoms with Gasteiger partial charge in [0.1, 0.15) is 11.6 Å². The Morgan fingerprint density at radius 2 is 1.00 bits per heavy atom. The van der Waals surface area contributed by atoms with Crippen LogP contribution in [0, 0.1) is 11.6 Å². The first-order valence-corrected chi connectivity index (χ1v) is 19.8. The molecule has 2 aliphatic heterocycles. The number of ether oxygens (including phenoxy) is 2. The Bertz CT molecular complexity index is 2060. The molecule has 1 fully saturated rings. The number of methoxy groups -OCH3 is 2. The molecular formula is C49H54F2N3O2+. The predicted octanol–water partition coefficient (Wildman–Crippen LogP) is 11.3. The minimum absolute atomic E-state index is 0.221. The fourth-order valence-electron chi connectivity index (χ4n) is 8.76. The van der Waals surface area contributed by atoms with Crippen LogP contribution in [-0.2, 0) is 20.3 Å². The highest BCUT2D eigenvalue weighted by Crippen LogP contribution is 2.50. The monoisotopic (exact) mass is 754 g/mol. The minimum atomic E-state index is -0.406. The van der Waals surface area contributed by atoms with Crippen molar-refractivity contribution in [3.63, 3.8) is 0 Å². The van der Waals surface area contributed by atoms with E-state index in [2.05, 4.69) is 127 Å². The lowest BCUT2D eigenvalue weighted by Crippen LogP contribution is -2.27. The van der Waals surface area contributed by atoms with Crippen molar-refractivity contribution >= 4 is 28.5 Å². The van der Waals surface area contributed by atoms with Gasteiger partial charge in [-0.05, 0) is 85.4 Å². The average Bonchev–Trinajstić information content (AvgIpc) is 3.75. The molecule has 7 rings (SSSR count). The van der Waals surface area contributed by atoms with E-state index in [1.54, 1.807) is 38.5 Å². The van der Waals surface area contributed by atoms with Gasteiger partial charge in [-0.15, -0.1) is 0 Å². The Labute approximate surface area is 331 Å². The van der Waals surface area contributed by atoms with Crippen LogP contribution in [0.15, 0.2) is 144 Å². The maximum Gasteiger partial charge on any atom is 0.218 e. The molecule has 4 aromatic carbocycles. The largest absolute Gasteiger partial charge is 0.385 e.